The molecule has 0 saturated heterocycles. The van der Waals surface area contributed by atoms with Crippen LogP contribution >= 0.6 is 22.9 Å². The number of aldehydes is 1. The largest absolute Gasteiger partial charge is 0.486 e. The topological polar surface area (TPSA) is 48.4 Å². The lowest BCUT2D eigenvalue weighted by atomic mass is 10.2. The van der Waals surface area contributed by atoms with Crippen molar-refractivity contribution in [3.8, 4) is 22.1 Å². The maximum Gasteiger partial charge on any atom is 0.179 e. The SMILES string of the molecule is O=Cc1csc(-c2cc(Cl)c3c(c2)OCCO3)n1. The van der Waals surface area contributed by atoms with Crippen LogP contribution in [-0.4, -0.2) is 24.5 Å². The third kappa shape index (κ3) is 1.95. The third-order valence-corrected chi connectivity index (χ3v) is 3.68. The normalized spacial score (nSPS) is 13.4. The molecule has 92 valence electrons. The van der Waals surface area contributed by atoms with Crippen molar-refractivity contribution in [2.75, 3.05) is 13.2 Å². The van der Waals surface area contributed by atoms with E-state index in [0.29, 0.717) is 35.4 Å². The van der Waals surface area contributed by atoms with Crippen LogP contribution in [0.3, 0.4) is 0 Å². The molecule has 0 bridgehead atoms. The minimum Gasteiger partial charge on any atom is -0.486 e. The van der Waals surface area contributed by atoms with Gasteiger partial charge in [0.1, 0.15) is 23.9 Å². The van der Waals surface area contributed by atoms with Gasteiger partial charge in [-0.3, -0.25) is 4.79 Å². The van der Waals surface area contributed by atoms with Gasteiger partial charge in [0.2, 0.25) is 0 Å². The lowest BCUT2D eigenvalue weighted by molar-refractivity contribution is 0.111. The van der Waals surface area contributed by atoms with Crippen LogP contribution in [0.1, 0.15) is 10.5 Å². The molecule has 3 rings (SSSR count). The van der Waals surface area contributed by atoms with Gasteiger partial charge in [-0.15, -0.1) is 11.3 Å². The summed E-state index contributed by atoms with van der Waals surface area (Å²) in [5.74, 6) is 1.19. The molecule has 0 unspecified atom stereocenters. The fraction of sp³-hybridized carbons (Fsp3) is 0.167. The zero-order chi connectivity index (χ0) is 12.5. The zero-order valence-corrected chi connectivity index (χ0v) is 10.8. The monoisotopic (exact) mass is 281 g/mol. The third-order valence-electron chi connectivity index (χ3n) is 2.49. The summed E-state index contributed by atoms with van der Waals surface area (Å²) < 4.78 is 10.9. The molecule has 1 aromatic carbocycles. The molecule has 0 atom stereocenters. The van der Waals surface area contributed by atoms with E-state index in [-0.39, 0.29) is 0 Å². The van der Waals surface area contributed by atoms with Crippen molar-refractivity contribution in [1.29, 1.82) is 0 Å². The number of aromatic nitrogens is 1. The fourth-order valence-corrected chi connectivity index (χ4v) is 2.73. The summed E-state index contributed by atoms with van der Waals surface area (Å²) in [6, 6.07) is 3.59. The van der Waals surface area contributed by atoms with Crippen molar-refractivity contribution in [2.45, 2.75) is 0 Å². The molecule has 0 N–H and O–H groups in total. The predicted octanol–water partition coefficient (Wildman–Crippen LogP) is 3.05. The highest BCUT2D eigenvalue weighted by Crippen LogP contribution is 2.41. The molecule has 4 nitrogen and oxygen atoms in total. The molecule has 2 heterocycles. The molecular formula is C12H8ClNO3S. The molecule has 0 amide bonds. The van der Waals surface area contributed by atoms with Gasteiger partial charge in [0.25, 0.3) is 0 Å². The van der Waals surface area contributed by atoms with E-state index >= 15 is 0 Å². The Morgan fingerprint density at radius 3 is 2.94 bits per heavy atom. The van der Waals surface area contributed by atoms with Crippen molar-refractivity contribution in [2.24, 2.45) is 0 Å². The number of hydrogen-bond acceptors (Lipinski definition) is 5. The summed E-state index contributed by atoms with van der Waals surface area (Å²) in [5, 5.41) is 2.92. The van der Waals surface area contributed by atoms with Gasteiger partial charge in [-0.25, -0.2) is 4.98 Å². The van der Waals surface area contributed by atoms with Crippen LogP contribution in [0.15, 0.2) is 17.5 Å². The smallest absolute Gasteiger partial charge is 0.179 e. The molecule has 0 fully saturated rings. The molecule has 0 saturated carbocycles. The van der Waals surface area contributed by atoms with E-state index in [1.54, 1.807) is 11.4 Å². The number of benzene rings is 1. The van der Waals surface area contributed by atoms with Gasteiger partial charge < -0.3 is 9.47 Å². The lowest BCUT2D eigenvalue weighted by Gasteiger charge is -2.19. The number of hydrogen-bond donors (Lipinski definition) is 0. The second-order valence-corrected chi connectivity index (χ2v) is 4.94. The van der Waals surface area contributed by atoms with E-state index in [1.807, 2.05) is 6.07 Å². The van der Waals surface area contributed by atoms with E-state index < -0.39 is 0 Å². The van der Waals surface area contributed by atoms with Crippen LogP contribution in [0, 0.1) is 0 Å². The van der Waals surface area contributed by atoms with Gasteiger partial charge in [0.05, 0.1) is 5.02 Å². The molecule has 0 radical (unpaired) electrons. The summed E-state index contributed by atoms with van der Waals surface area (Å²) >= 11 is 7.53. The second kappa shape index (κ2) is 4.59. The molecule has 0 spiro atoms. The first kappa shape index (κ1) is 11.5. The molecule has 18 heavy (non-hydrogen) atoms. The van der Waals surface area contributed by atoms with Crippen molar-refractivity contribution in [3.63, 3.8) is 0 Å². The summed E-state index contributed by atoms with van der Waals surface area (Å²) in [6.07, 6.45) is 0.722. The van der Waals surface area contributed by atoms with Crippen molar-refractivity contribution < 1.29 is 14.3 Å². The van der Waals surface area contributed by atoms with Gasteiger partial charge in [-0.2, -0.15) is 0 Å². The average Bonchev–Trinajstić information content (AvgIpc) is 2.87. The Morgan fingerprint density at radius 1 is 1.33 bits per heavy atom. The molecule has 1 aliphatic heterocycles. The summed E-state index contributed by atoms with van der Waals surface area (Å²) in [6.45, 7) is 1.00. The molecule has 1 aliphatic rings. The highest BCUT2D eigenvalue weighted by molar-refractivity contribution is 7.13. The number of halogens is 1. The standard InChI is InChI=1S/C12H8ClNO3S/c13-9-3-7(12-14-8(5-15)6-18-12)4-10-11(9)17-2-1-16-10/h3-6H,1-2H2. The van der Waals surface area contributed by atoms with E-state index in [4.69, 9.17) is 21.1 Å². The molecule has 0 aliphatic carbocycles. The Hall–Kier alpha value is -1.59. The molecule has 6 heteroatoms. The van der Waals surface area contributed by atoms with Crippen LogP contribution < -0.4 is 9.47 Å². The lowest BCUT2D eigenvalue weighted by Crippen LogP contribution is -2.15. The molecular weight excluding hydrogens is 274 g/mol. The van der Waals surface area contributed by atoms with E-state index in [2.05, 4.69) is 4.98 Å². The van der Waals surface area contributed by atoms with Gasteiger partial charge in [0.15, 0.2) is 17.8 Å². The number of rotatable bonds is 2. The highest BCUT2D eigenvalue weighted by atomic mass is 35.5. The van der Waals surface area contributed by atoms with Crippen LogP contribution in [0.5, 0.6) is 11.5 Å². The summed E-state index contributed by atoms with van der Waals surface area (Å²) in [7, 11) is 0. The number of thiazole rings is 1. The van der Waals surface area contributed by atoms with Gasteiger partial charge in [-0.1, -0.05) is 11.6 Å². The quantitative estimate of drug-likeness (QED) is 0.794. The second-order valence-electron chi connectivity index (χ2n) is 3.68. The summed E-state index contributed by atoms with van der Waals surface area (Å²) in [5.41, 5.74) is 1.24. The van der Waals surface area contributed by atoms with E-state index in [9.17, 15) is 4.79 Å². The maximum atomic E-state index is 10.6. The number of ether oxygens (including phenoxy) is 2. The van der Waals surface area contributed by atoms with Crippen LogP contribution in [0.4, 0.5) is 0 Å². The number of carbonyl (C=O) groups excluding carboxylic acids is 1. The minimum absolute atomic E-state index is 0.418. The fourth-order valence-electron chi connectivity index (χ4n) is 1.71. The first-order chi connectivity index (χ1) is 8.78. The van der Waals surface area contributed by atoms with Crippen LogP contribution in [0.25, 0.3) is 10.6 Å². The number of carbonyl (C=O) groups is 1. The van der Waals surface area contributed by atoms with Gasteiger partial charge >= 0.3 is 0 Å². The predicted molar refractivity (Wildman–Crippen MR) is 68.9 cm³/mol. The van der Waals surface area contributed by atoms with Gasteiger partial charge in [0, 0.05) is 10.9 Å². The maximum absolute atomic E-state index is 10.6. The first-order valence-electron chi connectivity index (χ1n) is 5.28. The minimum atomic E-state index is 0.418. The molecule has 1 aromatic heterocycles. The van der Waals surface area contributed by atoms with Crippen molar-refractivity contribution >= 4 is 29.2 Å². The Kier molecular flexibility index (Phi) is 2.93. The number of nitrogens with zero attached hydrogens (tertiary/aromatic N) is 1. The summed E-state index contributed by atoms with van der Waals surface area (Å²) in [4.78, 5) is 14.8. The Bertz CT molecular complexity index is 611. The van der Waals surface area contributed by atoms with E-state index in [1.165, 1.54) is 11.3 Å². The van der Waals surface area contributed by atoms with Crippen LogP contribution in [-0.2, 0) is 0 Å². The average molecular weight is 282 g/mol. The first-order valence-corrected chi connectivity index (χ1v) is 6.54. The Morgan fingerprint density at radius 2 is 2.17 bits per heavy atom. The van der Waals surface area contributed by atoms with Crippen molar-refractivity contribution in [3.05, 3.63) is 28.2 Å². The zero-order valence-electron chi connectivity index (χ0n) is 9.18. The van der Waals surface area contributed by atoms with Crippen LogP contribution in [0.2, 0.25) is 5.02 Å². The number of fused-ring (bicyclic) bond motifs is 1. The highest BCUT2D eigenvalue weighted by Gasteiger charge is 2.18. The Labute approximate surface area is 112 Å². The Balaban J connectivity index is 2.07. The van der Waals surface area contributed by atoms with Crippen molar-refractivity contribution in [1.82, 2.24) is 4.98 Å². The van der Waals surface area contributed by atoms with Gasteiger partial charge in [-0.05, 0) is 12.1 Å². The molecule has 2 aromatic rings. The van der Waals surface area contributed by atoms with E-state index in [0.717, 1.165) is 16.9 Å².